The van der Waals surface area contributed by atoms with Gasteiger partial charge in [-0.25, -0.2) is 0 Å². The number of likely N-dealkylation sites (tertiary alicyclic amines) is 1. The summed E-state index contributed by atoms with van der Waals surface area (Å²) in [4.78, 5) is 19.2. The molecular weight excluding hydrogens is 318 g/mol. The van der Waals surface area contributed by atoms with E-state index < -0.39 is 0 Å². The fourth-order valence-corrected chi connectivity index (χ4v) is 3.58. The Morgan fingerprint density at radius 1 is 1.28 bits per heavy atom. The molecule has 1 aliphatic heterocycles. The van der Waals surface area contributed by atoms with Gasteiger partial charge in [0.2, 0.25) is 5.89 Å². The monoisotopic (exact) mass is 339 g/mol. The number of piperidine rings is 1. The first-order valence-corrected chi connectivity index (χ1v) is 8.63. The Kier molecular flexibility index (Phi) is 3.82. The molecule has 0 spiro atoms. The molecule has 25 heavy (non-hydrogen) atoms. The molecule has 1 saturated heterocycles. The lowest BCUT2D eigenvalue weighted by Gasteiger charge is -2.30. The number of rotatable bonds is 2. The minimum Gasteiger partial charge on any atom is -0.450 e. The first-order chi connectivity index (χ1) is 12.0. The van der Waals surface area contributed by atoms with E-state index in [1.165, 1.54) is 0 Å². The molecule has 0 radical (unpaired) electrons. The van der Waals surface area contributed by atoms with Crippen LogP contribution >= 0.6 is 0 Å². The molecule has 6 nitrogen and oxygen atoms in total. The number of para-hydroxylation sites is 1. The van der Waals surface area contributed by atoms with Gasteiger partial charge in [0.05, 0.1) is 0 Å². The third-order valence-electron chi connectivity index (χ3n) is 4.97. The summed E-state index contributed by atoms with van der Waals surface area (Å²) in [5.74, 6) is 1.74. The van der Waals surface area contributed by atoms with Crippen molar-refractivity contribution in [3.8, 4) is 0 Å². The molecule has 0 aliphatic carbocycles. The zero-order chi connectivity index (χ0) is 17.6. The zero-order valence-electron chi connectivity index (χ0n) is 14.7. The van der Waals surface area contributed by atoms with Crippen molar-refractivity contribution in [2.24, 2.45) is 0 Å². The van der Waals surface area contributed by atoms with Crippen LogP contribution in [0.1, 0.15) is 52.2 Å². The highest BCUT2D eigenvalue weighted by Gasteiger charge is 2.31. The molecule has 3 heterocycles. The Morgan fingerprint density at radius 3 is 2.84 bits per heavy atom. The Balaban J connectivity index is 1.62. The molecule has 3 aromatic rings. The molecule has 130 valence electrons. The van der Waals surface area contributed by atoms with Gasteiger partial charge in [-0.15, -0.1) is 0 Å². The molecule has 1 fully saturated rings. The number of benzene rings is 1. The standard InChI is InChI=1S/C19H21N3O3/c1-11-6-4-8-15-12(2)17(24-16(11)15)19(23)22-9-5-7-14(10-22)18-20-13(3)25-21-18/h4,6,8,14H,5,7,9-10H2,1-3H3/t14-/m1/s1. The van der Waals surface area contributed by atoms with Crippen LogP contribution < -0.4 is 0 Å². The molecule has 0 N–H and O–H groups in total. The second-order valence-electron chi connectivity index (χ2n) is 6.77. The molecule has 0 unspecified atom stereocenters. The second-order valence-corrected chi connectivity index (χ2v) is 6.77. The van der Waals surface area contributed by atoms with E-state index in [2.05, 4.69) is 10.1 Å². The van der Waals surface area contributed by atoms with Crippen LogP contribution in [0.2, 0.25) is 0 Å². The molecule has 1 aliphatic rings. The average molecular weight is 339 g/mol. The van der Waals surface area contributed by atoms with E-state index in [-0.39, 0.29) is 11.8 Å². The lowest BCUT2D eigenvalue weighted by atomic mass is 9.97. The number of amides is 1. The summed E-state index contributed by atoms with van der Waals surface area (Å²) in [5.41, 5.74) is 2.74. The predicted octanol–water partition coefficient (Wildman–Crippen LogP) is 3.76. The average Bonchev–Trinajstić information content (AvgIpc) is 3.20. The Morgan fingerprint density at radius 2 is 2.12 bits per heavy atom. The van der Waals surface area contributed by atoms with Gasteiger partial charge in [-0.1, -0.05) is 23.4 Å². The number of carbonyl (C=O) groups is 1. The Hall–Kier alpha value is -2.63. The van der Waals surface area contributed by atoms with E-state index in [1.54, 1.807) is 6.92 Å². The molecule has 6 heteroatoms. The molecule has 0 bridgehead atoms. The van der Waals surface area contributed by atoms with E-state index in [0.29, 0.717) is 24.0 Å². The quantitative estimate of drug-likeness (QED) is 0.711. The van der Waals surface area contributed by atoms with Crippen LogP contribution in [0.4, 0.5) is 0 Å². The summed E-state index contributed by atoms with van der Waals surface area (Å²) in [6, 6.07) is 5.98. The summed E-state index contributed by atoms with van der Waals surface area (Å²) >= 11 is 0. The zero-order valence-corrected chi connectivity index (χ0v) is 14.7. The molecule has 1 atom stereocenters. The van der Waals surface area contributed by atoms with Gasteiger partial charge in [0.1, 0.15) is 5.58 Å². The highest BCUT2D eigenvalue weighted by molar-refractivity contribution is 5.99. The topological polar surface area (TPSA) is 72.4 Å². The van der Waals surface area contributed by atoms with Crippen molar-refractivity contribution in [1.82, 2.24) is 15.0 Å². The van der Waals surface area contributed by atoms with Crippen molar-refractivity contribution in [3.63, 3.8) is 0 Å². The molecule has 0 saturated carbocycles. The largest absolute Gasteiger partial charge is 0.450 e. The number of carbonyl (C=O) groups excluding carboxylic acids is 1. The van der Waals surface area contributed by atoms with Crippen molar-refractivity contribution >= 4 is 16.9 Å². The smallest absolute Gasteiger partial charge is 0.289 e. The van der Waals surface area contributed by atoms with Gasteiger partial charge in [0, 0.05) is 36.9 Å². The second kappa shape index (κ2) is 6.02. The molecule has 1 amide bonds. The minimum atomic E-state index is -0.0574. The molecule has 1 aromatic carbocycles. The number of nitrogens with zero attached hydrogens (tertiary/aromatic N) is 3. The maximum absolute atomic E-state index is 13.1. The van der Waals surface area contributed by atoms with Crippen molar-refractivity contribution in [2.75, 3.05) is 13.1 Å². The maximum atomic E-state index is 13.1. The van der Waals surface area contributed by atoms with Crippen LogP contribution in [0.25, 0.3) is 11.0 Å². The lowest BCUT2D eigenvalue weighted by Crippen LogP contribution is -2.39. The number of hydrogen-bond donors (Lipinski definition) is 0. The van der Waals surface area contributed by atoms with Gasteiger partial charge in [0.15, 0.2) is 11.6 Å². The molecule has 2 aromatic heterocycles. The normalized spacial score (nSPS) is 18.0. The van der Waals surface area contributed by atoms with E-state index in [0.717, 1.165) is 41.5 Å². The van der Waals surface area contributed by atoms with Crippen molar-refractivity contribution in [1.29, 1.82) is 0 Å². The van der Waals surface area contributed by atoms with Crippen LogP contribution in [0.15, 0.2) is 27.1 Å². The van der Waals surface area contributed by atoms with Crippen molar-refractivity contribution in [2.45, 2.75) is 39.5 Å². The van der Waals surface area contributed by atoms with Crippen LogP contribution in [0, 0.1) is 20.8 Å². The van der Waals surface area contributed by atoms with E-state index >= 15 is 0 Å². The number of aryl methyl sites for hydroxylation is 3. The fraction of sp³-hybridized carbons (Fsp3) is 0.421. The number of aromatic nitrogens is 2. The van der Waals surface area contributed by atoms with Crippen LogP contribution in [0.3, 0.4) is 0 Å². The number of furan rings is 1. The maximum Gasteiger partial charge on any atom is 0.289 e. The van der Waals surface area contributed by atoms with Gasteiger partial charge >= 0.3 is 0 Å². The van der Waals surface area contributed by atoms with Crippen molar-refractivity contribution in [3.05, 3.63) is 46.8 Å². The van der Waals surface area contributed by atoms with Crippen molar-refractivity contribution < 1.29 is 13.7 Å². The summed E-state index contributed by atoms with van der Waals surface area (Å²) in [5, 5.41) is 5.03. The van der Waals surface area contributed by atoms with Gasteiger partial charge in [-0.2, -0.15) is 4.98 Å². The van der Waals surface area contributed by atoms with E-state index in [1.807, 2.05) is 36.9 Å². The van der Waals surface area contributed by atoms with Crippen LogP contribution in [0.5, 0.6) is 0 Å². The molecule has 4 rings (SSSR count). The van der Waals surface area contributed by atoms with E-state index in [9.17, 15) is 4.79 Å². The number of fused-ring (bicyclic) bond motifs is 1. The Bertz CT molecular complexity index is 941. The summed E-state index contributed by atoms with van der Waals surface area (Å²) in [7, 11) is 0. The fourth-order valence-electron chi connectivity index (χ4n) is 3.58. The Labute approximate surface area is 145 Å². The van der Waals surface area contributed by atoms with Gasteiger partial charge in [-0.05, 0) is 32.3 Å². The SMILES string of the molecule is Cc1nc([C@@H]2CCCN(C(=O)c3oc4c(C)cccc4c3C)C2)no1. The van der Waals surface area contributed by atoms with Gasteiger partial charge in [0.25, 0.3) is 5.91 Å². The summed E-state index contributed by atoms with van der Waals surface area (Å²) in [6.07, 6.45) is 1.88. The first kappa shape index (κ1) is 15.9. The minimum absolute atomic E-state index is 0.0574. The van der Waals surface area contributed by atoms with Gasteiger partial charge in [-0.3, -0.25) is 4.79 Å². The summed E-state index contributed by atoms with van der Waals surface area (Å²) in [6.45, 7) is 7.04. The first-order valence-electron chi connectivity index (χ1n) is 8.63. The number of hydrogen-bond acceptors (Lipinski definition) is 5. The summed E-state index contributed by atoms with van der Waals surface area (Å²) < 4.78 is 11.0. The van der Waals surface area contributed by atoms with Crippen LogP contribution in [-0.4, -0.2) is 34.0 Å². The molecular formula is C19H21N3O3. The third-order valence-corrected chi connectivity index (χ3v) is 4.97. The lowest BCUT2D eigenvalue weighted by molar-refractivity contribution is 0.0672. The highest BCUT2D eigenvalue weighted by atomic mass is 16.5. The van der Waals surface area contributed by atoms with E-state index in [4.69, 9.17) is 8.94 Å². The third kappa shape index (κ3) is 2.71. The highest BCUT2D eigenvalue weighted by Crippen LogP contribution is 2.31. The predicted molar refractivity (Wildman–Crippen MR) is 92.6 cm³/mol. The van der Waals surface area contributed by atoms with Gasteiger partial charge < -0.3 is 13.8 Å². The van der Waals surface area contributed by atoms with Crippen LogP contribution in [-0.2, 0) is 0 Å².